The third-order valence-electron chi connectivity index (χ3n) is 4.71. The van der Waals surface area contributed by atoms with E-state index in [2.05, 4.69) is 37.5 Å². The first-order valence-corrected chi connectivity index (χ1v) is 8.06. The number of nitrogens with one attached hydrogen (secondary N) is 1. The van der Waals surface area contributed by atoms with Gasteiger partial charge in [0.2, 0.25) is 0 Å². The molecule has 0 aromatic heterocycles. The second kappa shape index (κ2) is 7.68. The van der Waals surface area contributed by atoms with Crippen LogP contribution in [0.15, 0.2) is 18.2 Å². The molecule has 1 aromatic carbocycles. The van der Waals surface area contributed by atoms with Crippen LogP contribution in [0.25, 0.3) is 0 Å². The van der Waals surface area contributed by atoms with E-state index in [1.165, 1.54) is 56.1 Å². The number of hydrogen-bond acceptors (Lipinski definition) is 2. The standard InChI is InChI=1S/C18H29NO/c1-14-12-16(10-11-18(14)20-3)17(19-2)13-15-8-6-4-5-7-9-15/h10-12,15,17,19H,4-9,13H2,1-3H3. The second-order valence-electron chi connectivity index (χ2n) is 6.16. The Morgan fingerprint density at radius 3 is 2.45 bits per heavy atom. The first-order chi connectivity index (χ1) is 9.74. The van der Waals surface area contributed by atoms with Gasteiger partial charge in [-0.1, -0.05) is 50.7 Å². The largest absolute Gasteiger partial charge is 0.496 e. The normalized spacial score (nSPS) is 18.6. The molecule has 0 radical (unpaired) electrons. The van der Waals surface area contributed by atoms with Gasteiger partial charge in [0.25, 0.3) is 0 Å². The zero-order chi connectivity index (χ0) is 14.4. The molecule has 112 valence electrons. The molecule has 1 aliphatic rings. The fraction of sp³-hybridized carbons (Fsp3) is 0.667. The number of aryl methyl sites for hydroxylation is 1. The van der Waals surface area contributed by atoms with Crippen molar-refractivity contribution in [2.24, 2.45) is 5.92 Å². The van der Waals surface area contributed by atoms with Crippen LogP contribution < -0.4 is 10.1 Å². The van der Waals surface area contributed by atoms with Gasteiger partial charge in [0.05, 0.1) is 7.11 Å². The summed E-state index contributed by atoms with van der Waals surface area (Å²) in [4.78, 5) is 0. The van der Waals surface area contributed by atoms with Gasteiger partial charge in [0.15, 0.2) is 0 Å². The van der Waals surface area contributed by atoms with E-state index in [9.17, 15) is 0 Å². The number of rotatable bonds is 5. The van der Waals surface area contributed by atoms with Crippen LogP contribution in [0.1, 0.15) is 62.1 Å². The Labute approximate surface area is 123 Å². The van der Waals surface area contributed by atoms with Crippen LogP contribution in [0.5, 0.6) is 5.75 Å². The molecular formula is C18H29NO. The summed E-state index contributed by atoms with van der Waals surface area (Å²) >= 11 is 0. The SMILES string of the molecule is CNC(CC1CCCCCC1)c1ccc(OC)c(C)c1. The Bertz CT molecular complexity index is 408. The molecule has 1 aromatic rings. The molecule has 1 unspecified atom stereocenters. The van der Waals surface area contributed by atoms with Crippen LogP contribution in [-0.2, 0) is 0 Å². The van der Waals surface area contributed by atoms with Crippen molar-refractivity contribution in [3.8, 4) is 5.75 Å². The van der Waals surface area contributed by atoms with E-state index in [1.54, 1.807) is 7.11 Å². The van der Waals surface area contributed by atoms with Crippen molar-refractivity contribution in [3.63, 3.8) is 0 Å². The third-order valence-corrected chi connectivity index (χ3v) is 4.71. The lowest BCUT2D eigenvalue weighted by atomic mass is 9.89. The van der Waals surface area contributed by atoms with Crippen LogP contribution in [0.2, 0.25) is 0 Å². The van der Waals surface area contributed by atoms with Crippen molar-refractivity contribution in [1.82, 2.24) is 5.32 Å². The van der Waals surface area contributed by atoms with Gasteiger partial charge in [-0.05, 0) is 43.5 Å². The molecule has 0 bridgehead atoms. The van der Waals surface area contributed by atoms with Gasteiger partial charge in [-0.3, -0.25) is 0 Å². The monoisotopic (exact) mass is 275 g/mol. The molecule has 2 rings (SSSR count). The quantitative estimate of drug-likeness (QED) is 0.791. The maximum atomic E-state index is 5.36. The minimum atomic E-state index is 0.475. The molecule has 0 aliphatic heterocycles. The summed E-state index contributed by atoms with van der Waals surface area (Å²) in [7, 11) is 3.82. The topological polar surface area (TPSA) is 21.3 Å². The molecule has 2 nitrogen and oxygen atoms in total. The summed E-state index contributed by atoms with van der Waals surface area (Å²) in [5, 5.41) is 3.51. The van der Waals surface area contributed by atoms with Gasteiger partial charge in [0.1, 0.15) is 5.75 Å². The van der Waals surface area contributed by atoms with Crippen molar-refractivity contribution < 1.29 is 4.74 Å². The van der Waals surface area contributed by atoms with E-state index in [4.69, 9.17) is 4.74 Å². The predicted molar refractivity (Wildman–Crippen MR) is 85.3 cm³/mol. The fourth-order valence-electron chi connectivity index (χ4n) is 3.47. The molecule has 0 heterocycles. The fourth-order valence-corrected chi connectivity index (χ4v) is 3.47. The van der Waals surface area contributed by atoms with Crippen molar-refractivity contribution in [3.05, 3.63) is 29.3 Å². The van der Waals surface area contributed by atoms with Crippen LogP contribution in [0.3, 0.4) is 0 Å². The summed E-state index contributed by atoms with van der Waals surface area (Å²) in [5.41, 5.74) is 2.63. The van der Waals surface area contributed by atoms with Crippen LogP contribution in [-0.4, -0.2) is 14.2 Å². The van der Waals surface area contributed by atoms with Crippen molar-refractivity contribution in [1.29, 1.82) is 0 Å². The average Bonchev–Trinajstić information content (AvgIpc) is 2.73. The summed E-state index contributed by atoms with van der Waals surface area (Å²) in [5.74, 6) is 1.87. The van der Waals surface area contributed by atoms with E-state index in [0.29, 0.717) is 6.04 Å². The third kappa shape index (κ3) is 3.99. The van der Waals surface area contributed by atoms with E-state index < -0.39 is 0 Å². The highest BCUT2D eigenvalue weighted by molar-refractivity contribution is 5.37. The van der Waals surface area contributed by atoms with E-state index >= 15 is 0 Å². The highest BCUT2D eigenvalue weighted by Crippen LogP contribution is 2.32. The van der Waals surface area contributed by atoms with Gasteiger partial charge < -0.3 is 10.1 Å². The number of ether oxygens (including phenoxy) is 1. The molecule has 1 saturated carbocycles. The maximum absolute atomic E-state index is 5.36. The van der Waals surface area contributed by atoms with Crippen molar-refractivity contribution in [2.45, 2.75) is 57.9 Å². The predicted octanol–water partition coefficient (Wildman–Crippen LogP) is 4.62. The smallest absolute Gasteiger partial charge is 0.121 e. The highest BCUT2D eigenvalue weighted by atomic mass is 16.5. The Balaban J connectivity index is 2.05. The van der Waals surface area contributed by atoms with Crippen molar-refractivity contribution >= 4 is 0 Å². The van der Waals surface area contributed by atoms with Crippen LogP contribution in [0.4, 0.5) is 0 Å². The Hall–Kier alpha value is -1.02. The van der Waals surface area contributed by atoms with E-state index in [0.717, 1.165) is 11.7 Å². The molecular weight excluding hydrogens is 246 g/mol. The highest BCUT2D eigenvalue weighted by Gasteiger charge is 2.18. The summed E-state index contributed by atoms with van der Waals surface area (Å²) in [6.07, 6.45) is 9.79. The molecule has 1 aliphatic carbocycles. The second-order valence-corrected chi connectivity index (χ2v) is 6.16. The number of methoxy groups -OCH3 is 1. The molecule has 0 saturated heterocycles. The molecule has 20 heavy (non-hydrogen) atoms. The molecule has 1 N–H and O–H groups in total. The molecule has 2 heteroatoms. The van der Waals surface area contributed by atoms with Crippen molar-refractivity contribution in [2.75, 3.05) is 14.2 Å². The van der Waals surface area contributed by atoms with Crippen LogP contribution >= 0.6 is 0 Å². The van der Waals surface area contributed by atoms with Gasteiger partial charge in [-0.25, -0.2) is 0 Å². The van der Waals surface area contributed by atoms with Gasteiger partial charge in [-0.2, -0.15) is 0 Å². The first kappa shape index (κ1) is 15.4. The average molecular weight is 275 g/mol. The first-order valence-electron chi connectivity index (χ1n) is 8.06. The zero-order valence-electron chi connectivity index (χ0n) is 13.2. The molecule has 1 fully saturated rings. The lowest BCUT2D eigenvalue weighted by molar-refractivity contribution is 0.367. The van der Waals surface area contributed by atoms with E-state index in [-0.39, 0.29) is 0 Å². The molecule has 1 atom stereocenters. The Kier molecular flexibility index (Phi) is 5.90. The molecule has 0 amide bonds. The lowest BCUT2D eigenvalue weighted by Gasteiger charge is -2.23. The molecule has 0 spiro atoms. The summed E-state index contributed by atoms with van der Waals surface area (Å²) < 4.78 is 5.36. The van der Waals surface area contributed by atoms with Gasteiger partial charge in [-0.15, -0.1) is 0 Å². The summed E-state index contributed by atoms with van der Waals surface area (Å²) in [6.45, 7) is 2.13. The Morgan fingerprint density at radius 2 is 1.90 bits per heavy atom. The van der Waals surface area contributed by atoms with Gasteiger partial charge >= 0.3 is 0 Å². The maximum Gasteiger partial charge on any atom is 0.121 e. The summed E-state index contributed by atoms with van der Waals surface area (Å²) in [6, 6.07) is 7.06. The van der Waals surface area contributed by atoms with Gasteiger partial charge in [0, 0.05) is 6.04 Å². The Morgan fingerprint density at radius 1 is 1.20 bits per heavy atom. The number of benzene rings is 1. The zero-order valence-corrected chi connectivity index (χ0v) is 13.2. The van der Waals surface area contributed by atoms with Crippen LogP contribution in [0, 0.1) is 12.8 Å². The minimum absolute atomic E-state index is 0.475. The van der Waals surface area contributed by atoms with E-state index in [1.807, 2.05) is 0 Å². The minimum Gasteiger partial charge on any atom is -0.496 e. The number of hydrogen-bond donors (Lipinski definition) is 1. The lowest BCUT2D eigenvalue weighted by Crippen LogP contribution is -2.20.